The van der Waals surface area contributed by atoms with E-state index in [2.05, 4.69) is 58.2 Å². The van der Waals surface area contributed by atoms with Gasteiger partial charge in [0.15, 0.2) is 6.61 Å². The first kappa shape index (κ1) is 25.9. The van der Waals surface area contributed by atoms with E-state index in [9.17, 15) is 13.2 Å². The number of nitrogens with one attached hydrogen (secondary N) is 1. The summed E-state index contributed by atoms with van der Waals surface area (Å²) < 4.78 is 32.7. The fourth-order valence-corrected chi connectivity index (χ4v) is 5.70. The van der Waals surface area contributed by atoms with Gasteiger partial charge < -0.3 is 9.64 Å². The second-order valence-corrected chi connectivity index (χ2v) is 10.9. The molecule has 4 rings (SSSR count). The summed E-state index contributed by atoms with van der Waals surface area (Å²) in [5, 5.41) is 0. The molecule has 0 aromatic heterocycles. The van der Waals surface area contributed by atoms with E-state index in [1.54, 1.807) is 26.0 Å². The third kappa shape index (κ3) is 6.51. The molecule has 190 valence electrons. The number of sulfonamides is 1. The van der Waals surface area contributed by atoms with Crippen LogP contribution in [0.3, 0.4) is 0 Å². The van der Waals surface area contributed by atoms with Crippen LogP contribution < -0.4 is 9.46 Å². The maximum atomic E-state index is 12.8. The van der Waals surface area contributed by atoms with Crippen molar-refractivity contribution < 1.29 is 17.9 Å². The molecule has 7 nitrogen and oxygen atoms in total. The van der Waals surface area contributed by atoms with Gasteiger partial charge in [-0.05, 0) is 49.2 Å². The molecule has 1 fully saturated rings. The predicted molar refractivity (Wildman–Crippen MR) is 140 cm³/mol. The summed E-state index contributed by atoms with van der Waals surface area (Å²) in [5.41, 5.74) is 2.47. The Balaban J connectivity index is 1.33. The molecule has 0 radical (unpaired) electrons. The van der Waals surface area contributed by atoms with Gasteiger partial charge in [0, 0.05) is 32.2 Å². The lowest BCUT2D eigenvalue weighted by atomic mass is 9.96. The molecule has 0 saturated carbocycles. The van der Waals surface area contributed by atoms with Crippen LogP contribution in [0.2, 0.25) is 0 Å². The molecule has 0 bridgehead atoms. The smallest absolute Gasteiger partial charge is 0.260 e. The molecular formula is C28H33N3O4S. The maximum Gasteiger partial charge on any atom is 0.260 e. The quantitative estimate of drug-likeness (QED) is 0.478. The topological polar surface area (TPSA) is 78.9 Å². The zero-order valence-corrected chi connectivity index (χ0v) is 21.5. The van der Waals surface area contributed by atoms with Gasteiger partial charge in [-0.25, -0.2) is 13.1 Å². The Bertz CT molecular complexity index is 1190. The van der Waals surface area contributed by atoms with Crippen LogP contribution in [0.4, 0.5) is 0 Å². The van der Waals surface area contributed by atoms with Gasteiger partial charge in [0.25, 0.3) is 5.91 Å². The molecule has 1 aliphatic rings. The van der Waals surface area contributed by atoms with Crippen molar-refractivity contribution in [1.82, 2.24) is 14.5 Å². The van der Waals surface area contributed by atoms with Crippen molar-refractivity contribution in [2.75, 3.05) is 32.8 Å². The van der Waals surface area contributed by atoms with Crippen molar-refractivity contribution in [2.45, 2.75) is 30.8 Å². The summed E-state index contributed by atoms with van der Waals surface area (Å²) in [6.45, 7) is 6.21. The Labute approximate surface area is 213 Å². The van der Waals surface area contributed by atoms with Gasteiger partial charge in [0.1, 0.15) is 5.75 Å². The number of hydrogen-bond acceptors (Lipinski definition) is 5. The van der Waals surface area contributed by atoms with Crippen LogP contribution >= 0.6 is 0 Å². The Morgan fingerprint density at radius 1 is 0.833 bits per heavy atom. The van der Waals surface area contributed by atoms with Crippen molar-refractivity contribution in [3.05, 3.63) is 96.1 Å². The SMILES string of the molecule is CC(C)NS(=O)(=O)c1ccc(OCC(=O)N2CCN(C(c3ccccc3)c3ccccc3)CC2)cc1. The highest BCUT2D eigenvalue weighted by atomic mass is 32.2. The number of rotatable bonds is 9. The third-order valence-corrected chi connectivity index (χ3v) is 7.82. The number of ether oxygens (including phenoxy) is 1. The summed E-state index contributed by atoms with van der Waals surface area (Å²) >= 11 is 0. The molecule has 1 N–H and O–H groups in total. The highest BCUT2D eigenvalue weighted by Crippen LogP contribution is 2.29. The minimum atomic E-state index is -3.56. The Kier molecular flexibility index (Phi) is 8.40. The monoisotopic (exact) mass is 507 g/mol. The van der Waals surface area contributed by atoms with Crippen molar-refractivity contribution in [3.8, 4) is 5.75 Å². The number of piperazine rings is 1. The molecule has 3 aromatic carbocycles. The summed E-state index contributed by atoms with van der Waals surface area (Å²) in [5.74, 6) is 0.377. The summed E-state index contributed by atoms with van der Waals surface area (Å²) in [7, 11) is -3.56. The zero-order valence-electron chi connectivity index (χ0n) is 20.7. The molecule has 36 heavy (non-hydrogen) atoms. The average molecular weight is 508 g/mol. The van der Waals surface area contributed by atoms with Gasteiger partial charge in [0.2, 0.25) is 10.0 Å². The number of hydrogen-bond donors (Lipinski definition) is 1. The minimum Gasteiger partial charge on any atom is -0.484 e. The van der Waals surface area contributed by atoms with E-state index in [1.807, 2.05) is 17.0 Å². The first-order chi connectivity index (χ1) is 17.3. The maximum absolute atomic E-state index is 12.8. The molecule has 8 heteroatoms. The summed E-state index contributed by atoms with van der Waals surface area (Å²) in [6.07, 6.45) is 0. The lowest BCUT2D eigenvalue weighted by molar-refractivity contribution is -0.135. The molecule has 0 unspecified atom stereocenters. The number of amides is 1. The van der Waals surface area contributed by atoms with Gasteiger partial charge >= 0.3 is 0 Å². The zero-order chi connectivity index (χ0) is 25.5. The molecule has 1 amide bonds. The Morgan fingerprint density at radius 3 is 1.86 bits per heavy atom. The Morgan fingerprint density at radius 2 is 1.36 bits per heavy atom. The highest BCUT2D eigenvalue weighted by molar-refractivity contribution is 7.89. The molecular weight excluding hydrogens is 474 g/mol. The molecule has 0 atom stereocenters. The lowest BCUT2D eigenvalue weighted by Gasteiger charge is -2.39. The van der Waals surface area contributed by atoms with Gasteiger partial charge in [-0.2, -0.15) is 0 Å². The standard InChI is InChI=1S/C28H33N3O4S/c1-22(2)29-36(33,34)26-15-13-25(14-16-26)35-21-27(32)30-17-19-31(20-18-30)28(23-9-5-3-6-10-23)24-11-7-4-8-12-24/h3-16,22,28-29H,17-21H2,1-2H3. The largest absolute Gasteiger partial charge is 0.484 e. The van der Waals surface area contributed by atoms with Gasteiger partial charge in [0.05, 0.1) is 10.9 Å². The normalized spacial score (nSPS) is 14.8. The van der Waals surface area contributed by atoms with Crippen LogP contribution in [-0.4, -0.2) is 63.0 Å². The van der Waals surface area contributed by atoms with E-state index in [1.165, 1.54) is 23.3 Å². The molecule has 1 heterocycles. The van der Waals surface area contributed by atoms with Crippen molar-refractivity contribution in [3.63, 3.8) is 0 Å². The minimum absolute atomic E-state index is 0.0798. The molecule has 0 aliphatic carbocycles. The predicted octanol–water partition coefficient (Wildman–Crippen LogP) is 3.69. The number of nitrogens with zero attached hydrogens (tertiary/aromatic N) is 2. The van der Waals surface area contributed by atoms with Crippen molar-refractivity contribution in [1.29, 1.82) is 0 Å². The van der Waals surface area contributed by atoms with Crippen LogP contribution in [0.1, 0.15) is 31.0 Å². The van der Waals surface area contributed by atoms with Crippen LogP contribution in [0.5, 0.6) is 5.75 Å². The van der Waals surface area contributed by atoms with Crippen molar-refractivity contribution >= 4 is 15.9 Å². The molecule has 3 aromatic rings. The van der Waals surface area contributed by atoms with E-state index in [0.717, 1.165) is 13.1 Å². The van der Waals surface area contributed by atoms with Gasteiger partial charge in [-0.1, -0.05) is 60.7 Å². The first-order valence-electron chi connectivity index (χ1n) is 12.2. The molecule has 1 saturated heterocycles. The van der Waals surface area contributed by atoms with Crippen LogP contribution in [0, 0.1) is 0 Å². The fraction of sp³-hybridized carbons (Fsp3) is 0.321. The second kappa shape index (κ2) is 11.7. The summed E-state index contributed by atoms with van der Waals surface area (Å²) in [4.78, 5) is 17.2. The first-order valence-corrected chi connectivity index (χ1v) is 13.7. The summed E-state index contributed by atoms with van der Waals surface area (Å²) in [6, 6.07) is 27.0. The lowest BCUT2D eigenvalue weighted by Crippen LogP contribution is -2.51. The van der Waals surface area contributed by atoms with E-state index >= 15 is 0 Å². The number of carbonyl (C=O) groups excluding carboxylic acids is 1. The van der Waals surface area contributed by atoms with E-state index in [4.69, 9.17) is 4.74 Å². The molecule has 1 aliphatic heterocycles. The van der Waals surface area contributed by atoms with Gasteiger partial charge in [-0.15, -0.1) is 0 Å². The highest BCUT2D eigenvalue weighted by Gasteiger charge is 2.28. The van der Waals surface area contributed by atoms with Gasteiger partial charge in [-0.3, -0.25) is 9.69 Å². The van der Waals surface area contributed by atoms with Crippen LogP contribution in [-0.2, 0) is 14.8 Å². The van der Waals surface area contributed by atoms with E-state index in [-0.39, 0.29) is 29.5 Å². The number of benzene rings is 3. The Hall–Kier alpha value is -3.20. The number of carbonyl (C=O) groups is 1. The van der Waals surface area contributed by atoms with Crippen LogP contribution in [0.15, 0.2) is 89.8 Å². The van der Waals surface area contributed by atoms with E-state index in [0.29, 0.717) is 18.8 Å². The average Bonchev–Trinajstić information content (AvgIpc) is 2.89. The third-order valence-electron chi connectivity index (χ3n) is 6.15. The van der Waals surface area contributed by atoms with E-state index < -0.39 is 10.0 Å². The van der Waals surface area contributed by atoms with Crippen molar-refractivity contribution in [2.24, 2.45) is 0 Å². The van der Waals surface area contributed by atoms with Crippen LogP contribution in [0.25, 0.3) is 0 Å². The second-order valence-electron chi connectivity index (χ2n) is 9.18. The fourth-order valence-electron chi connectivity index (χ4n) is 4.44. The molecule has 0 spiro atoms.